The highest BCUT2D eigenvalue weighted by Gasteiger charge is 2.72. The predicted molar refractivity (Wildman–Crippen MR) is 234 cm³/mol. The van der Waals surface area contributed by atoms with E-state index in [2.05, 4.69) is 56.7 Å². The van der Waals surface area contributed by atoms with Gasteiger partial charge in [-0.1, -0.05) is 54.4 Å². The van der Waals surface area contributed by atoms with Crippen LogP contribution in [0.2, 0.25) is 0 Å². The van der Waals surface area contributed by atoms with Crippen LogP contribution in [0.3, 0.4) is 0 Å². The fourth-order valence-electron chi connectivity index (χ4n) is 14.1. The molecule has 0 aromatic heterocycles. The van der Waals surface area contributed by atoms with Crippen LogP contribution in [0.15, 0.2) is 0 Å². The number of nitrogens with one attached hydrogen (secondary N) is 1. The molecular formula is C49H88N4O5. The van der Waals surface area contributed by atoms with E-state index < -0.39 is 6.10 Å². The Kier molecular flexibility index (Phi) is 15.8. The lowest BCUT2D eigenvalue weighted by Crippen LogP contribution is -2.66. The molecule has 6 aliphatic carbocycles. The molecule has 334 valence electrons. The Morgan fingerprint density at radius 3 is 2.00 bits per heavy atom. The maximum absolute atomic E-state index is 14.7. The Hall–Kier alpha value is -1.26. The molecule has 12 atom stereocenters. The summed E-state index contributed by atoms with van der Waals surface area (Å²) in [5.74, 6) is 2.55. The van der Waals surface area contributed by atoms with E-state index in [0.717, 1.165) is 102 Å². The Labute approximate surface area is 354 Å². The number of hydrogen-bond donors (Lipinski definition) is 4. The number of nitrogens with zero attached hydrogens (tertiary/aromatic N) is 2. The monoisotopic (exact) mass is 813 g/mol. The minimum atomic E-state index is -0.485. The number of fused-ring (bicyclic) bond motifs is 5. The Balaban J connectivity index is 1.12. The Morgan fingerprint density at radius 1 is 0.793 bits per heavy atom. The van der Waals surface area contributed by atoms with Crippen molar-refractivity contribution in [3.05, 3.63) is 0 Å². The Bertz CT molecular complexity index is 1340. The minimum Gasteiger partial charge on any atom is -0.462 e. The number of unbranched alkanes of at least 4 members (excludes halogenated alkanes) is 1. The molecule has 1 amide bonds. The van der Waals surface area contributed by atoms with Gasteiger partial charge in [0.25, 0.3) is 0 Å². The largest absolute Gasteiger partial charge is 0.462 e. The molecule has 0 aliphatic heterocycles. The van der Waals surface area contributed by atoms with Gasteiger partial charge in [-0.15, -0.1) is 0 Å². The first-order chi connectivity index (χ1) is 27.6. The van der Waals surface area contributed by atoms with E-state index in [1.54, 1.807) is 0 Å². The van der Waals surface area contributed by atoms with Crippen LogP contribution in [0.25, 0.3) is 0 Å². The number of carbonyl (C=O) groups is 2. The van der Waals surface area contributed by atoms with Crippen molar-refractivity contribution in [2.24, 2.45) is 75.2 Å². The second-order valence-electron chi connectivity index (χ2n) is 22.2. The van der Waals surface area contributed by atoms with Crippen LogP contribution >= 0.6 is 0 Å². The molecule has 0 radical (unpaired) electrons. The van der Waals surface area contributed by atoms with Crippen molar-refractivity contribution < 1.29 is 24.5 Å². The molecule has 9 heteroatoms. The fourth-order valence-corrected chi connectivity index (χ4v) is 14.1. The van der Waals surface area contributed by atoms with Gasteiger partial charge in [0.2, 0.25) is 5.91 Å². The summed E-state index contributed by atoms with van der Waals surface area (Å²) in [6.45, 7) is 23.8. The molecule has 6 fully saturated rings. The maximum atomic E-state index is 14.7. The second kappa shape index (κ2) is 19.8. The van der Waals surface area contributed by atoms with Crippen LogP contribution in [0.4, 0.5) is 0 Å². The maximum Gasteiger partial charge on any atom is 0.302 e. The minimum absolute atomic E-state index is 0.0592. The van der Waals surface area contributed by atoms with E-state index in [1.165, 1.54) is 65.1 Å². The normalized spacial score (nSPS) is 37.7. The summed E-state index contributed by atoms with van der Waals surface area (Å²) in [6.07, 6.45) is 16.8. The molecule has 0 aromatic carbocycles. The number of nitrogens with two attached hydrogens (primary N) is 1. The molecule has 0 spiro atoms. The van der Waals surface area contributed by atoms with Crippen LogP contribution in [-0.4, -0.2) is 103 Å². The lowest BCUT2D eigenvalue weighted by molar-refractivity contribution is -0.239. The van der Waals surface area contributed by atoms with E-state index in [4.69, 9.17) is 10.5 Å². The standard InChI is InChI=1S/C49H88N4O5/c1-33(2)13-10-14-38(46(57)51-24-12-28-53(32-37-17-18-37)26-9-8-25-52(27-11-23-50)31-36-15-16-36)44-40-29-42(56)45-47(5)21-20-41(55)34(3)39(47)19-22-48(45,6)49(40,7)30-43(44)58-35(4)54/h33-34,36-45,55-56H,8-32,50H2,1-7H3,(H,51,57)/t34-,38-,39-,40-,41+,42+,43-,44-,45-,47-,48-,49-/m0/s1. The zero-order valence-electron chi connectivity index (χ0n) is 38.2. The lowest BCUT2D eigenvalue weighted by Gasteiger charge is -2.69. The number of rotatable bonds is 23. The van der Waals surface area contributed by atoms with Crippen LogP contribution < -0.4 is 11.1 Å². The van der Waals surface area contributed by atoms with Gasteiger partial charge >= 0.3 is 5.97 Å². The third-order valence-electron chi connectivity index (χ3n) is 17.6. The molecule has 0 saturated heterocycles. The first kappa shape index (κ1) is 46.2. The third kappa shape index (κ3) is 10.5. The summed E-state index contributed by atoms with van der Waals surface area (Å²) < 4.78 is 6.32. The Morgan fingerprint density at radius 2 is 1.41 bits per heavy atom. The van der Waals surface area contributed by atoms with Crippen molar-refractivity contribution in [3.63, 3.8) is 0 Å². The predicted octanol–water partition coefficient (Wildman–Crippen LogP) is 7.66. The number of esters is 1. The molecule has 9 nitrogen and oxygen atoms in total. The highest BCUT2D eigenvalue weighted by Crippen LogP contribution is 2.75. The molecule has 0 bridgehead atoms. The quantitative estimate of drug-likeness (QED) is 0.0612. The van der Waals surface area contributed by atoms with E-state index >= 15 is 0 Å². The van der Waals surface area contributed by atoms with Gasteiger partial charge in [-0.2, -0.15) is 0 Å². The molecule has 6 rings (SSSR count). The number of carbonyl (C=O) groups excluding carboxylic acids is 2. The fraction of sp³-hybridized carbons (Fsp3) is 0.959. The zero-order chi connectivity index (χ0) is 41.8. The summed E-state index contributed by atoms with van der Waals surface area (Å²) in [5.41, 5.74) is 5.44. The van der Waals surface area contributed by atoms with Crippen molar-refractivity contribution >= 4 is 11.9 Å². The number of aliphatic hydroxyl groups excluding tert-OH is 2. The van der Waals surface area contributed by atoms with Gasteiger partial charge < -0.3 is 35.8 Å². The van der Waals surface area contributed by atoms with E-state index in [-0.39, 0.29) is 69.9 Å². The molecule has 6 saturated carbocycles. The highest BCUT2D eigenvalue weighted by molar-refractivity contribution is 5.79. The molecule has 58 heavy (non-hydrogen) atoms. The lowest BCUT2D eigenvalue weighted by atomic mass is 9.36. The van der Waals surface area contributed by atoms with Crippen LogP contribution in [0.1, 0.15) is 158 Å². The number of hydrogen-bond acceptors (Lipinski definition) is 8. The first-order valence-corrected chi connectivity index (χ1v) is 24.6. The molecule has 6 aliphatic rings. The molecule has 0 unspecified atom stereocenters. The summed E-state index contributed by atoms with van der Waals surface area (Å²) in [5, 5.41) is 26.8. The molecular weight excluding hydrogens is 725 g/mol. The van der Waals surface area contributed by atoms with Gasteiger partial charge in [-0.25, -0.2) is 0 Å². The molecule has 5 N–H and O–H groups in total. The molecule has 0 aromatic rings. The van der Waals surface area contributed by atoms with E-state index in [9.17, 15) is 19.8 Å². The third-order valence-corrected chi connectivity index (χ3v) is 17.6. The van der Waals surface area contributed by atoms with E-state index in [1.807, 2.05) is 0 Å². The summed E-state index contributed by atoms with van der Waals surface area (Å²) in [7, 11) is 0. The van der Waals surface area contributed by atoms with Gasteiger partial charge in [0.05, 0.1) is 12.2 Å². The summed E-state index contributed by atoms with van der Waals surface area (Å²) in [4.78, 5) is 32.8. The average Bonchev–Trinajstić information content (AvgIpc) is 4.10. The average molecular weight is 813 g/mol. The van der Waals surface area contributed by atoms with E-state index in [0.29, 0.717) is 24.8 Å². The smallest absolute Gasteiger partial charge is 0.302 e. The second-order valence-corrected chi connectivity index (χ2v) is 22.2. The van der Waals surface area contributed by atoms with Crippen molar-refractivity contribution in [1.29, 1.82) is 0 Å². The van der Waals surface area contributed by atoms with Crippen molar-refractivity contribution in [2.75, 3.05) is 52.4 Å². The van der Waals surface area contributed by atoms with Gasteiger partial charge in [0.15, 0.2) is 0 Å². The SMILES string of the molecule is CC(=O)O[C@H]1C[C@@]2(C)[C@@H](C[C@@H](O)[C@H]3[C@@]4(C)CC[C@@H](O)[C@@H](C)[C@@H]4CC[C@@]32C)[C@@H]1[C@H](CCCC(C)C)C(=O)NCCCN(CCCCN(CCCN)CC1CC1)CC1CC1. The number of amides is 1. The number of aliphatic hydroxyl groups is 2. The van der Waals surface area contributed by atoms with Gasteiger partial charge in [-0.05, 0) is 187 Å². The van der Waals surface area contributed by atoms with Gasteiger partial charge in [0, 0.05) is 38.4 Å². The van der Waals surface area contributed by atoms with Crippen molar-refractivity contribution in [3.8, 4) is 0 Å². The topological polar surface area (TPSA) is 128 Å². The highest BCUT2D eigenvalue weighted by atomic mass is 16.5. The van der Waals surface area contributed by atoms with Gasteiger partial charge in [0.1, 0.15) is 6.10 Å². The van der Waals surface area contributed by atoms with Crippen LogP contribution in [0, 0.1) is 69.5 Å². The number of ether oxygens (including phenoxy) is 1. The van der Waals surface area contributed by atoms with Crippen molar-refractivity contribution in [1.82, 2.24) is 15.1 Å². The zero-order valence-corrected chi connectivity index (χ0v) is 38.2. The van der Waals surface area contributed by atoms with Crippen LogP contribution in [-0.2, 0) is 14.3 Å². The first-order valence-electron chi connectivity index (χ1n) is 24.6. The van der Waals surface area contributed by atoms with Crippen LogP contribution in [0.5, 0.6) is 0 Å². The van der Waals surface area contributed by atoms with Gasteiger partial charge in [-0.3, -0.25) is 9.59 Å². The summed E-state index contributed by atoms with van der Waals surface area (Å²) >= 11 is 0. The van der Waals surface area contributed by atoms with Crippen molar-refractivity contribution in [2.45, 2.75) is 176 Å². The summed E-state index contributed by atoms with van der Waals surface area (Å²) in [6, 6.07) is 0. The molecule has 0 heterocycles.